The minimum absolute atomic E-state index is 0.0489. The Bertz CT molecular complexity index is 793. The Balaban J connectivity index is 1.77. The number of oxime groups is 1. The predicted octanol–water partition coefficient (Wildman–Crippen LogP) is 3.74. The highest BCUT2D eigenvalue weighted by atomic mass is 19.3. The number of carbonyl (C=O) groups is 1. The maximum Gasteiger partial charge on any atom is 0.387 e. The fourth-order valence-corrected chi connectivity index (χ4v) is 2.45. The van der Waals surface area contributed by atoms with Crippen LogP contribution < -0.4 is 10.1 Å². The van der Waals surface area contributed by atoms with Crippen molar-refractivity contribution in [2.24, 2.45) is 11.1 Å². The van der Waals surface area contributed by atoms with E-state index in [0.29, 0.717) is 12.5 Å². The van der Waals surface area contributed by atoms with Gasteiger partial charge in [0.05, 0.1) is 12.0 Å². The molecule has 1 N–H and O–H groups in total. The van der Waals surface area contributed by atoms with Crippen molar-refractivity contribution in [2.45, 2.75) is 25.9 Å². The highest BCUT2D eigenvalue weighted by Gasteiger charge is 2.23. The van der Waals surface area contributed by atoms with Crippen LogP contribution in [-0.2, 0) is 16.1 Å². The first-order valence-corrected chi connectivity index (χ1v) is 8.70. The lowest BCUT2D eigenvalue weighted by Gasteiger charge is -2.13. The van der Waals surface area contributed by atoms with Gasteiger partial charge >= 0.3 is 6.61 Å². The summed E-state index contributed by atoms with van der Waals surface area (Å²) < 4.78 is 29.9. The number of nitrogens with zero attached hydrogens (tertiary/aromatic N) is 1. The Kier molecular flexibility index (Phi) is 6.35. The van der Waals surface area contributed by atoms with E-state index in [2.05, 4.69) is 15.2 Å². The zero-order valence-corrected chi connectivity index (χ0v) is 14.6. The molecule has 27 heavy (non-hydrogen) atoms. The van der Waals surface area contributed by atoms with E-state index in [0.717, 1.165) is 18.4 Å². The number of nitrogens with one attached hydrogen (secondary N) is 1. The van der Waals surface area contributed by atoms with E-state index in [4.69, 9.17) is 4.84 Å². The van der Waals surface area contributed by atoms with E-state index in [1.165, 1.54) is 6.07 Å². The number of para-hydroxylation sites is 1. The van der Waals surface area contributed by atoms with Gasteiger partial charge < -0.3 is 14.9 Å². The van der Waals surface area contributed by atoms with E-state index < -0.39 is 6.61 Å². The number of alkyl halides is 2. The molecule has 2 aromatic carbocycles. The predicted molar refractivity (Wildman–Crippen MR) is 96.6 cm³/mol. The summed E-state index contributed by atoms with van der Waals surface area (Å²) in [6, 6.07) is 15.3. The molecule has 0 heterocycles. The average molecular weight is 374 g/mol. The van der Waals surface area contributed by atoms with Crippen LogP contribution in [0.25, 0.3) is 0 Å². The van der Waals surface area contributed by atoms with Gasteiger partial charge in [-0.15, -0.1) is 0 Å². The lowest BCUT2D eigenvalue weighted by Crippen LogP contribution is -2.33. The molecule has 7 heteroatoms. The molecule has 2 aromatic rings. The second-order valence-electron chi connectivity index (χ2n) is 6.26. The summed E-state index contributed by atoms with van der Waals surface area (Å²) in [6.45, 7) is -2.56. The summed E-state index contributed by atoms with van der Waals surface area (Å²) in [4.78, 5) is 17.7. The van der Waals surface area contributed by atoms with Gasteiger partial charge in [-0.25, -0.2) is 0 Å². The molecule has 1 saturated carbocycles. The molecule has 0 bridgehead atoms. The summed E-state index contributed by atoms with van der Waals surface area (Å²) in [5, 5.41) is 6.63. The summed E-state index contributed by atoms with van der Waals surface area (Å²) in [7, 11) is 0. The molecule has 0 aromatic heterocycles. The molecular formula is C20H20F2N2O3. The fraction of sp³-hybridized carbons (Fsp3) is 0.300. The van der Waals surface area contributed by atoms with E-state index in [9.17, 15) is 13.6 Å². The Morgan fingerprint density at radius 2 is 1.81 bits per heavy atom. The van der Waals surface area contributed by atoms with Gasteiger partial charge in [-0.3, -0.25) is 4.79 Å². The highest BCUT2D eigenvalue weighted by Crippen LogP contribution is 2.29. The maximum atomic E-state index is 12.7. The standard InChI is InChI=1S/C20H20F2N2O3/c21-20(22)27-17-9-5-4-8-16(17)19(24-26-13-15-10-11-15)23-18(25)12-14-6-2-1-3-7-14/h1-9,15,20H,10-13H2,(H,23,24,25). The number of amidine groups is 1. The van der Waals surface area contributed by atoms with Crippen LogP contribution >= 0.6 is 0 Å². The molecule has 0 saturated heterocycles. The molecule has 1 amide bonds. The van der Waals surface area contributed by atoms with Crippen molar-refractivity contribution in [1.82, 2.24) is 5.32 Å². The molecule has 5 nitrogen and oxygen atoms in total. The minimum Gasteiger partial charge on any atom is -0.434 e. The summed E-state index contributed by atoms with van der Waals surface area (Å²) in [5.74, 6) is 0.0958. The number of carbonyl (C=O) groups excluding carboxylic acids is 1. The van der Waals surface area contributed by atoms with E-state index >= 15 is 0 Å². The molecule has 3 rings (SSSR count). The second kappa shape index (κ2) is 9.12. The van der Waals surface area contributed by atoms with Crippen LogP contribution in [0.5, 0.6) is 5.75 Å². The Morgan fingerprint density at radius 1 is 1.11 bits per heavy atom. The zero-order chi connectivity index (χ0) is 19.1. The highest BCUT2D eigenvalue weighted by molar-refractivity contribution is 6.09. The molecule has 1 aliphatic rings. The Hall–Kier alpha value is -2.96. The molecule has 142 valence electrons. The minimum atomic E-state index is -2.99. The first kappa shape index (κ1) is 18.8. The number of amides is 1. The molecular weight excluding hydrogens is 354 g/mol. The quantitative estimate of drug-likeness (QED) is 0.435. The molecule has 0 atom stereocenters. The second-order valence-corrected chi connectivity index (χ2v) is 6.26. The third-order valence-electron chi connectivity index (χ3n) is 3.99. The number of halogens is 2. The van der Waals surface area contributed by atoms with Crippen molar-refractivity contribution >= 4 is 11.7 Å². The third kappa shape index (κ3) is 6.06. The van der Waals surface area contributed by atoms with Crippen molar-refractivity contribution in [1.29, 1.82) is 0 Å². The molecule has 0 unspecified atom stereocenters. The SMILES string of the molecule is O=C(Cc1ccccc1)N/C(=N\OCC1CC1)c1ccccc1OC(F)F. The fourth-order valence-electron chi connectivity index (χ4n) is 2.45. The lowest BCUT2D eigenvalue weighted by atomic mass is 10.1. The Labute approximate surface area is 156 Å². The topological polar surface area (TPSA) is 59.9 Å². The van der Waals surface area contributed by atoms with Crippen LogP contribution in [0.15, 0.2) is 59.8 Å². The van der Waals surface area contributed by atoms with Crippen molar-refractivity contribution in [3.8, 4) is 5.75 Å². The first-order chi connectivity index (χ1) is 13.1. The number of ether oxygens (including phenoxy) is 1. The monoisotopic (exact) mass is 374 g/mol. The van der Waals surface area contributed by atoms with Crippen LogP contribution in [-0.4, -0.2) is 25.0 Å². The van der Waals surface area contributed by atoms with Gasteiger partial charge in [0.25, 0.3) is 0 Å². The van der Waals surface area contributed by atoms with E-state index in [1.807, 2.05) is 30.3 Å². The van der Waals surface area contributed by atoms with Gasteiger partial charge in [0, 0.05) is 0 Å². The van der Waals surface area contributed by atoms with Crippen molar-refractivity contribution in [3.05, 3.63) is 65.7 Å². The first-order valence-electron chi connectivity index (χ1n) is 8.70. The molecule has 1 aliphatic carbocycles. The van der Waals surface area contributed by atoms with Crippen LogP contribution in [0, 0.1) is 5.92 Å². The Morgan fingerprint density at radius 3 is 2.52 bits per heavy atom. The lowest BCUT2D eigenvalue weighted by molar-refractivity contribution is -0.119. The van der Waals surface area contributed by atoms with E-state index in [1.54, 1.807) is 18.2 Å². The summed E-state index contributed by atoms with van der Waals surface area (Å²) >= 11 is 0. The number of hydrogen-bond acceptors (Lipinski definition) is 4. The van der Waals surface area contributed by atoms with Gasteiger partial charge in [-0.2, -0.15) is 8.78 Å². The van der Waals surface area contributed by atoms with Gasteiger partial charge in [0.1, 0.15) is 12.4 Å². The normalized spacial score (nSPS) is 14.1. The molecule has 0 radical (unpaired) electrons. The number of benzene rings is 2. The van der Waals surface area contributed by atoms with Gasteiger partial charge in [-0.05, 0) is 36.5 Å². The van der Waals surface area contributed by atoms with Crippen LogP contribution in [0.2, 0.25) is 0 Å². The number of hydrogen-bond donors (Lipinski definition) is 1. The van der Waals surface area contributed by atoms with Gasteiger partial charge in [-0.1, -0.05) is 47.6 Å². The van der Waals surface area contributed by atoms with E-state index in [-0.39, 0.29) is 29.5 Å². The molecule has 0 aliphatic heterocycles. The largest absolute Gasteiger partial charge is 0.434 e. The van der Waals surface area contributed by atoms with Crippen LogP contribution in [0.4, 0.5) is 8.78 Å². The maximum absolute atomic E-state index is 12.7. The molecule has 1 fully saturated rings. The van der Waals surface area contributed by atoms with Gasteiger partial charge in [0.15, 0.2) is 5.84 Å². The van der Waals surface area contributed by atoms with Gasteiger partial charge in [0.2, 0.25) is 5.91 Å². The number of rotatable bonds is 8. The average Bonchev–Trinajstić information content (AvgIpc) is 3.46. The smallest absolute Gasteiger partial charge is 0.387 e. The van der Waals surface area contributed by atoms with Crippen molar-refractivity contribution in [2.75, 3.05) is 6.61 Å². The zero-order valence-electron chi connectivity index (χ0n) is 14.6. The summed E-state index contributed by atoms with van der Waals surface area (Å²) in [6.07, 6.45) is 2.28. The van der Waals surface area contributed by atoms with Crippen LogP contribution in [0.1, 0.15) is 24.0 Å². The summed E-state index contributed by atoms with van der Waals surface area (Å²) in [5.41, 5.74) is 1.06. The third-order valence-corrected chi connectivity index (χ3v) is 3.99. The van der Waals surface area contributed by atoms with Crippen molar-refractivity contribution < 1.29 is 23.1 Å². The van der Waals surface area contributed by atoms with Crippen molar-refractivity contribution in [3.63, 3.8) is 0 Å². The molecule has 0 spiro atoms. The van der Waals surface area contributed by atoms with Crippen LogP contribution in [0.3, 0.4) is 0 Å².